The summed E-state index contributed by atoms with van der Waals surface area (Å²) in [5, 5.41) is 2.90. The lowest BCUT2D eigenvalue weighted by molar-refractivity contribution is -0.116. The molecule has 0 spiro atoms. The second kappa shape index (κ2) is 4.05. The predicted molar refractivity (Wildman–Crippen MR) is 61.9 cm³/mol. The van der Waals surface area contributed by atoms with Crippen LogP contribution in [0.4, 0.5) is 5.69 Å². The van der Waals surface area contributed by atoms with E-state index in [1.165, 1.54) is 11.1 Å². The van der Waals surface area contributed by atoms with Crippen molar-refractivity contribution in [1.29, 1.82) is 0 Å². The summed E-state index contributed by atoms with van der Waals surface area (Å²) in [6.45, 7) is 4.45. The van der Waals surface area contributed by atoms with Crippen molar-refractivity contribution in [3.05, 3.63) is 29.3 Å². The van der Waals surface area contributed by atoms with Gasteiger partial charge in [-0.1, -0.05) is 26.0 Å². The Morgan fingerprint density at radius 3 is 2.87 bits per heavy atom. The number of fused-ring (bicyclic) bond motifs is 1. The standard InChI is InChI=1S/C13H17NO/c1-9(2)7-10-3-5-12-11(8-10)4-6-13(15)14-12/h3,5,8-9H,4,6-7H2,1-2H3,(H,14,15). The zero-order valence-electron chi connectivity index (χ0n) is 9.34. The Balaban J connectivity index is 2.23. The second-order valence-corrected chi connectivity index (χ2v) is 4.64. The lowest BCUT2D eigenvalue weighted by Gasteiger charge is -2.18. The van der Waals surface area contributed by atoms with E-state index in [1.807, 2.05) is 6.07 Å². The van der Waals surface area contributed by atoms with E-state index in [-0.39, 0.29) is 5.91 Å². The van der Waals surface area contributed by atoms with Gasteiger partial charge in [0.05, 0.1) is 0 Å². The fraction of sp³-hybridized carbons (Fsp3) is 0.462. The van der Waals surface area contributed by atoms with Gasteiger partial charge in [0.2, 0.25) is 5.91 Å². The van der Waals surface area contributed by atoms with E-state index >= 15 is 0 Å². The summed E-state index contributed by atoms with van der Waals surface area (Å²) in [4.78, 5) is 11.2. The van der Waals surface area contributed by atoms with Crippen molar-refractivity contribution < 1.29 is 4.79 Å². The Morgan fingerprint density at radius 1 is 1.33 bits per heavy atom. The lowest BCUT2D eigenvalue weighted by Crippen LogP contribution is -2.19. The van der Waals surface area contributed by atoms with Gasteiger partial charge in [-0.15, -0.1) is 0 Å². The van der Waals surface area contributed by atoms with Crippen LogP contribution in [0.5, 0.6) is 0 Å². The Hall–Kier alpha value is -1.31. The molecule has 0 aromatic heterocycles. The van der Waals surface area contributed by atoms with Gasteiger partial charge in [-0.2, -0.15) is 0 Å². The molecule has 0 saturated carbocycles. The van der Waals surface area contributed by atoms with Crippen LogP contribution in [-0.2, 0) is 17.6 Å². The fourth-order valence-corrected chi connectivity index (χ4v) is 2.04. The van der Waals surface area contributed by atoms with Crippen LogP contribution in [0.25, 0.3) is 0 Å². The van der Waals surface area contributed by atoms with Gasteiger partial charge in [0, 0.05) is 12.1 Å². The van der Waals surface area contributed by atoms with Crippen molar-refractivity contribution in [2.75, 3.05) is 5.32 Å². The molecule has 1 N–H and O–H groups in total. The summed E-state index contributed by atoms with van der Waals surface area (Å²) in [6.07, 6.45) is 2.62. The molecule has 15 heavy (non-hydrogen) atoms. The van der Waals surface area contributed by atoms with Crippen LogP contribution in [-0.4, -0.2) is 5.91 Å². The number of rotatable bonds is 2. The fourth-order valence-electron chi connectivity index (χ4n) is 2.04. The molecular weight excluding hydrogens is 186 g/mol. The maximum Gasteiger partial charge on any atom is 0.224 e. The number of hydrogen-bond donors (Lipinski definition) is 1. The van der Waals surface area contributed by atoms with Crippen molar-refractivity contribution in [2.24, 2.45) is 5.92 Å². The SMILES string of the molecule is CC(C)Cc1ccc2c(c1)CCC(=O)N2. The Morgan fingerprint density at radius 2 is 2.13 bits per heavy atom. The Bertz CT molecular complexity index is 382. The minimum Gasteiger partial charge on any atom is -0.326 e. The number of carbonyl (C=O) groups excluding carboxylic acids is 1. The molecule has 1 aliphatic rings. The van der Waals surface area contributed by atoms with Gasteiger partial charge >= 0.3 is 0 Å². The van der Waals surface area contributed by atoms with Crippen LogP contribution in [0, 0.1) is 5.92 Å². The zero-order valence-corrected chi connectivity index (χ0v) is 9.34. The summed E-state index contributed by atoms with van der Waals surface area (Å²) in [5.74, 6) is 0.820. The second-order valence-electron chi connectivity index (χ2n) is 4.64. The van der Waals surface area contributed by atoms with E-state index in [1.54, 1.807) is 0 Å². The number of carbonyl (C=O) groups is 1. The highest BCUT2D eigenvalue weighted by Gasteiger charge is 2.14. The first-order chi connectivity index (χ1) is 7.15. The van der Waals surface area contributed by atoms with Crippen LogP contribution >= 0.6 is 0 Å². The summed E-state index contributed by atoms with van der Waals surface area (Å²) in [6, 6.07) is 6.38. The topological polar surface area (TPSA) is 29.1 Å². The minimum atomic E-state index is 0.138. The summed E-state index contributed by atoms with van der Waals surface area (Å²) in [7, 11) is 0. The summed E-state index contributed by atoms with van der Waals surface area (Å²) >= 11 is 0. The first kappa shape index (κ1) is 10.2. The van der Waals surface area contributed by atoms with Gasteiger partial charge in [0.15, 0.2) is 0 Å². The minimum absolute atomic E-state index is 0.138. The first-order valence-electron chi connectivity index (χ1n) is 5.57. The van der Waals surface area contributed by atoms with Crippen LogP contribution in [0.15, 0.2) is 18.2 Å². The Kier molecular flexibility index (Phi) is 2.76. The van der Waals surface area contributed by atoms with E-state index in [0.717, 1.165) is 18.5 Å². The highest BCUT2D eigenvalue weighted by atomic mass is 16.1. The third-order valence-corrected chi connectivity index (χ3v) is 2.71. The molecule has 2 nitrogen and oxygen atoms in total. The number of aryl methyl sites for hydroxylation is 1. The number of nitrogens with one attached hydrogen (secondary N) is 1. The zero-order chi connectivity index (χ0) is 10.8. The van der Waals surface area contributed by atoms with Gasteiger partial charge in [0.1, 0.15) is 0 Å². The number of hydrogen-bond acceptors (Lipinski definition) is 1. The molecule has 0 aliphatic carbocycles. The van der Waals surface area contributed by atoms with Crippen LogP contribution in [0.2, 0.25) is 0 Å². The van der Waals surface area contributed by atoms with Crippen molar-refractivity contribution in [3.63, 3.8) is 0 Å². The highest BCUT2D eigenvalue weighted by molar-refractivity contribution is 5.93. The molecule has 2 heteroatoms. The molecular formula is C13H17NO. The summed E-state index contributed by atoms with van der Waals surface area (Å²) in [5.41, 5.74) is 3.66. The highest BCUT2D eigenvalue weighted by Crippen LogP contribution is 2.24. The van der Waals surface area contributed by atoms with Crippen molar-refractivity contribution in [3.8, 4) is 0 Å². The van der Waals surface area contributed by atoms with Crippen LogP contribution < -0.4 is 5.32 Å². The maximum atomic E-state index is 11.2. The molecule has 1 aromatic rings. The van der Waals surface area contributed by atoms with Gasteiger partial charge in [0.25, 0.3) is 0 Å². The van der Waals surface area contributed by atoms with E-state index in [9.17, 15) is 4.79 Å². The van der Waals surface area contributed by atoms with Gasteiger partial charge in [-0.3, -0.25) is 4.79 Å². The van der Waals surface area contributed by atoms with E-state index in [4.69, 9.17) is 0 Å². The van der Waals surface area contributed by atoms with Crippen LogP contribution in [0.3, 0.4) is 0 Å². The smallest absolute Gasteiger partial charge is 0.224 e. The molecule has 1 aliphatic heterocycles. The monoisotopic (exact) mass is 203 g/mol. The Labute approximate surface area is 90.7 Å². The molecule has 1 heterocycles. The van der Waals surface area contributed by atoms with E-state index < -0.39 is 0 Å². The molecule has 0 radical (unpaired) electrons. The number of benzene rings is 1. The summed E-state index contributed by atoms with van der Waals surface area (Å²) < 4.78 is 0. The van der Waals surface area contributed by atoms with Crippen molar-refractivity contribution >= 4 is 11.6 Å². The molecule has 0 fully saturated rings. The lowest BCUT2D eigenvalue weighted by atomic mass is 9.96. The molecule has 0 atom stereocenters. The van der Waals surface area contributed by atoms with Crippen molar-refractivity contribution in [2.45, 2.75) is 33.1 Å². The van der Waals surface area contributed by atoms with Crippen molar-refractivity contribution in [1.82, 2.24) is 0 Å². The number of amides is 1. The third kappa shape index (κ3) is 2.38. The molecule has 0 unspecified atom stereocenters. The van der Waals surface area contributed by atoms with E-state index in [0.29, 0.717) is 12.3 Å². The van der Waals surface area contributed by atoms with E-state index in [2.05, 4.69) is 31.3 Å². The van der Waals surface area contributed by atoms with Gasteiger partial charge in [-0.05, 0) is 36.0 Å². The number of anilines is 1. The molecule has 1 aromatic carbocycles. The van der Waals surface area contributed by atoms with Gasteiger partial charge < -0.3 is 5.32 Å². The molecule has 80 valence electrons. The normalized spacial score (nSPS) is 15.0. The largest absolute Gasteiger partial charge is 0.326 e. The third-order valence-electron chi connectivity index (χ3n) is 2.71. The average Bonchev–Trinajstić information content (AvgIpc) is 2.17. The molecule has 0 saturated heterocycles. The molecule has 0 bridgehead atoms. The van der Waals surface area contributed by atoms with Crippen LogP contribution in [0.1, 0.15) is 31.4 Å². The predicted octanol–water partition coefficient (Wildman–Crippen LogP) is 2.77. The maximum absolute atomic E-state index is 11.2. The molecule has 1 amide bonds. The quantitative estimate of drug-likeness (QED) is 0.786. The van der Waals surface area contributed by atoms with Gasteiger partial charge in [-0.25, -0.2) is 0 Å². The first-order valence-corrected chi connectivity index (χ1v) is 5.57. The molecule has 2 rings (SSSR count). The average molecular weight is 203 g/mol.